The number of hydrogen-bond acceptors (Lipinski definition) is 4. The molecule has 29 heavy (non-hydrogen) atoms. The van der Waals surface area contributed by atoms with E-state index in [2.05, 4.69) is 5.10 Å². The zero-order valence-electron chi connectivity index (χ0n) is 16.4. The van der Waals surface area contributed by atoms with Crippen LogP contribution in [0.3, 0.4) is 0 Å². The van der Waals surface area contributed by atoms with Crippen LogP contribution in [-0.2, 0) is 6.54 Å². The van der Waals surface area contributed by atoms with Gasteiger partial charge < -0.3 is 4.74 Å². The molecule has 0 N–H and O–H groups in total. The van der Waals surface area contributed by atoms with E-state index >= 15 is 0 Å². The molecule has 0 spiro atoms. The van der Waals surface area contributed by atoms with Crippen LogP contribution in [0, 0.1) is 25.2 Å². The fourth-order valence-corrected chi connectivity index (χ4v) is 3.33. The summed E-state index contributed by atoms with van der Waals surface area (Å²) in [7, 11) is 1.49. The van der Waals surface area contributed by atoms with Crippen molar-refractivity contribution in [3.05, 3.63) is 87.2 Å². The minimum absolute atomic E-state index is 0.0259. The summed E-state index contributed by atoms with van der Waals surface area (Å²) in [6, 6.07) is 16.5. The quantitative estimate of drug-likeness (QED) is 0.329. The number of methoxy groups -OCH3 is 1. The van der Waals surface area contributed by atoms with Gasteiger partial charge in [0.15, 0.2) is 0 Å². The Morgan fingerprint density at radius 3 is 2.59 bits per heavy atom. The number of halogens is 1. The first-order valence-electron chi connectivity index (χ1n) is 9.03. The Hall–Kier alpha value is -3.36. The number of ketones is 1. The summed E-state index contributed by atoms with van der Waals surface area (Å²) in [5.74, 6) is 0.0455. The number of ether oxygens (including phenoxy) is 1. The molecule has 1 heterocycles. The van der Waals surface area contributed by atoms with Gasteiger partial charge in [-0.05, 0) is 43.7 Å². The smallest absolute Gasteiger partial charge is 0.207 e. The highest BCUT2D eigenvalue weighted by Gasteiger charge is 2.19. The topological polar surface area (TPSA) is 67.9 Å². The normalized spacial score (nSPS) is 11.2. The summed E-state index contributed by atoms with van der Waals surface area (Å²) >= 11 is 6.27. The molecule has 0 aliphatic rings. The van der Waals surface area contributed by atoms with Gasteiger partial charge in [0.05, 0.1) is 24.9 Å². The first-order valence-corrected chi connectivity index (χ1v) is 9.41. The summed E-state index contributed by atoms with van der Waals surface area (Å²) in [4.78, 5) is 12.9. The third-order valence-electron chi connectivity index (χ3n) is 4.72. The first-order chi connectivity index (χ1) is 14.0. The molecule has 146 valence electrons. The van der Waals surface area contributed by atoms with Crippen molar-refractivity contribution in [2.24, 2.45) is 0 Å². The van der Waals surface area contributed by atoms with Crippen molar-refractivity contribution in [1.29, 1.82) is 5.26 Å². The van der Waals surface area contributed by atoms with Crippen LogP contribution >= 0.6 is 11.6 Å². The molecular formula is C23H20ClN3O2. The molecule has 0 amide bonds. The van der Waals surface area contributed by atoms with Crippen LogP contribution < -0.4 is 4.74 Å². The molecule has 0 saturated heterocycles. The van der Waals surface area contributed by atoms with Crippen LogP contribution in [0.5, 0.6) is 5.75 Å². The zero-order chi connectivity index (χ0) is 21.0. The van der Waals surface area contributed by atoms with E-state index in [0.29, 0.717) is 22.9 Å². The highest BCUT2D eigenvalue weighted by molar-refractivity contribution is 6.31. The molecule has 0 saturated carbocycles. The number of allylic oxidation sites excluding steroid dienone is 1. The number of aryl methyl sites for hydroxylation is 1. The van der Waals surface area contributed by atoms with E-state index in [1.807, 2.05) is 48.9 Å². The standard InChI is InChI=1S/C23H20ClN3O2/c1-15-20(16(2)27(26-15)14-17-8-4-6-10-21(17)24)12-18(13-25)23(28)19-9-5-7-11-22(19)29-3/h4-12H,14H2,1-3H3/b18-12+. The Morgan fingerprint density at radius 2 is 1.90 bits per heavy atom. The fourth-order valence-electron chi connectivity index (χ4n) is 3.13. The van der Waals surface area contributed by atoms with Gasteiger partial charge in [0, 0.05) is 16.3 Å². The van der Waals surface area contributed by atoms with Gasteiger partial charge in [-0.15, -0.1) is 0 Å². The molecule has 0 unspecified atom stereocenters. The SMILES string of the molecule is COc1ccccc1C(=O)/C(C#N)=C/c1c(C)nn(Cc2ccccc2Cl)c1C. The van der Waals surface area contributed by atoms with Crippen molar-refractivity contribution < 1.29 is 9.53 Å². The minimum atomic E-state index is -0.386. The van der Waals surface area contributed by atoms with E-state index < -0.39 is 0 Å². The van der Waals surface area contributed by atoms with Gasteiger partial charge >= 0.3 is 0 Å². The van der Waals surface area contributed by atoms with E-state index in [9.17, 15) is 10.1 Å². The maximum atomic E-state index is 12.9. The molecule has 1 aromatic heterocycles. The molecular weight excluding hydrogens is 386 g/mol. The highest BCUT2D eigenvalue weighted by Crippen LogP contribution is 2.24. The van der Waals surface area contributed by atoms with Crippen molar-refractivity contribution in [1.82, 2.24) is 9.78 Å². The number of benzene rings is 2. The number of para-hydroxylation sites is 1. The number of nitriles is 1. The largest absolute Gasteiger partial charge is 0.496 e. The van der Waals surface area contributed by atoms with Gasteiger partial charge in [-0.1, -0.05) is 41.9 Å². The molecule has 3 rings (SSSR count). The van der Waals surface area contributed by atoms with Gasteiger partial charge in [0.2, 0.25) is 5.78 Å². The average Bonchev–Trinajstić information content (AvgIpc) is 3.00. The summed E-state index contributed by atoms with van der Waals surface area (Å²) in [6.07, 6.45) is 1.59. The van der Waals surface area contributed by atoms with Crippen LogP contribution in [0.4, 0.5) is 0 Å². The van der Waals surface area contributed by atoms with Crippen LogP contribution in [0.15, 0.2) is 54.1 Å². The van der Waals surface area contributed by atoms with Crippen molar-refractivity contribution in [3.8, 4) is 11.8 Å². The van der Waals surface area contributed by atoms with Crippen LogP contribution in [0.25, 0.3) is 6.08 Å². The highest BCUT2D eigenvalue weighted by atomic mass is 35.5. The number of nitrogens with zero attached hydrogens (tertiary/aromatic N) is 3. The van der Waals surface area contributed by atoms with E-state index in [1.54, 1.807) is 30.3 Å². The molecule has 0 fully saturated rings. The summed E-state index contributed by atoms with van der Waals surface area (Å²) in [6.45, 7) is 4.26. The third-order valence-corrected chi connectivity index (χ3v) is 5.09. The predicted molar refractivity (Wildman–Crippen MR) is 113 cm³/mol. The average molecular weight is 406 g/mol. The summed E-state index contributed by atoms with van der Waals surface area (Å²) < 4.78 is 7.08. The monoisotopic (exact) mass is 405 g/mol. The van der Waals surface area contributed by atoms with Crippen molar-refractivity contribution in [3.63, 3.8) is 0 Å². The molecule has 0 atom stereocenters. The van der Waals surface area contributed by atoms with E-state index in [1.165, 1.54) is 7.11 Å². The number of rotatable bonds is 6. The Bertz CT molecular complexity index is 1140. The lowest BCUT2D eigenvalue weighted by molar-refractivity contribution is 0.103. The fraction of sp³-hybridized carbons (Fsp3) is 0.174. The van der Waals surface area contributed by atoms with Crippen molar-refractivity contribution >= 4 is 23.5 Å². The van der Waals surface area contributed by atoms with Gasteiger partial charge in [0.1, 0.15) is 17.4 Å². The molecule has 2 aromatic carbocycles. The summed E-state index contributed by atoms with van der Waals surface area (Å²) in [5, 5.41) is 14.9. The van der Waals surface area contributed by atoms with Gasteiger partial charge in [-0.3, -0.25) is 9.48 Å². The Labute approximate surface area is 174 Å². The maximum Gasteiger partial charge on any atom is 0.207 e. The molecule has 0 bridgehead atoms. The number of carbonyl (C=O) groups is 1. The van der Waals surface area contributed by atoms with E-state index in [4.69, 9.17) is 16.3 Å². The molecule has 5 nitrogen and oxygen atoms in total. The lowest BCUT2D eigenvalue weighted by Gasteiger charge is -2.07. The lowest BCUT2D eigenvalue weighted by atomic mass is 10.0. The number of aromatic nitrogens is 2. The zero-order valence-corrected chi connectivity index (χ0v) is 17.2. The maximum absolute atomic E-state index is 12.9. The Balaban J connectivity index is 1.98. The molecule has 0 radical (unpaired) electrons. The van der Waals surface area contributed by atoms with Crippen LogP contribution in [0.2, 0.25) is 5.02 Å². The summed E-state index contributed by atoms with van der Waals surface area (Å²) in [5.41, 5.74) is 3.65. The second-order valence-electron chi connectivity index (χ2n) is 6.53. The van der Waals surface area contributed by atoms with Crippen LogP contribution in [0.1, 0.15) is 32.9 Å². The number of hydrogen-bond donors (Lipinski definition) is 0. The van der Waals surface area contributed by atoms with Crippen molar-refractivity contribution in [2.75, 3.05) is 7.11 Å². The third kappa shape index (κ3) is 4.23. The molecule has 0 aliphatic carbocycles. The molecule has 6 heteroatoms. The second-order valence-corrected chi connectivity index (χ2v) is 6.94. The van der Waals surface area contributed by atoms with E-state index in [-0.39, 0.29) is 11.4 Å². The van der Waals surface area contributed by atoms with Gasteiger partial charge in [-0.2, -0.15) is 10.4 Å². The number of carbonyl (C=O) groups excluding carboxylic acids is 1. The molecule has 0 aliphatic heterocycles. The van der Waals surface area contributed by atoms with Crippen LogP contribution in [-0.4, -0.2) is 22.7 Å². The van der Waals surface area contributed by atoms with Gasteiger partial charge in [-0.25, -0.2) is 0 Å². The Morgan fingerprint density at radius 1 is 1.21 bits per heavy atom. The lowest BCUT2D eigenvalue weighted by Crippen LogP contribution is -2.05. The number of Topliss-reactive ketones (excluding diaryl/α,β-unsaturated/α-hetero) is 1. The first kappa shape index (κ1) is 20.4. The minimum Gasteiger partial charge on any atom is -0.496 e. The Kier molecular flexibility index (Phi) is 6.16. The second kappa shape index (κ2) is 8.76. The van der Waals surface area contributed by atoms with E-state index in [0.717, 1.165) is 22.5 Å². The van der Waals surface area contributed by atoms with Gasteiger partial charge in [0.25, 0.3) is 0 Å². The van der Waals surface area contributed by atoms with Crippen molar-refractivity contribution in [2.45, 2.75) is 20.4 Å². The molecule has 3 aromatic rings. The predicted octanol–water partition coefficient (Wildman–Crippen LogP) is 5.00.